The molecule has 1 aliphatic heterocycles. The van der Waals surface area contributed by atoms with Gasteiger partial charge in [-0.05, 0) is 19.3 Å². The van der Waals surface area contributed by atoms with Crippen molar-refractivity contribution in [2.24, 2.45) is 5.92 Å². The van der Waals surface area contributed by atoms with Crippen molar-refractivity contribution in [3.63, 3.8) is 0 Å². The van der Waals surface area contributed by atoms with E-state index in [9.17, 15) is 9.90 Å². The number of aliphatic hydroxyl groups is 1. The van der Waals surface area contributed by atoms with Crippen molar-refractivity contribution >= 4 is 17.2 Å². The lowest BCUT2D eigenvalue weighted by Gasteiger charge is -2.47. The number of nitrogens with zero attached hydrogens (tertiary/aromatic N) is 2. The first-order chi connectivity index (χ1) is 8.69. The van der Waals surface area contributed by atoms with Gasteiger partial charge in [0.1, 0.15) is 5.69 Å². The van der Waals surface area contributed by atoms with E-state index in [1.807, 2.05) is 4.90 Å². The lowest BCUT2D eigenvalue weighted by Crippen LogP contribution is -2.54. The molecule has 2 atom stereocenters. The van der Waals surface area contributed by atoms with Crippen LogP contribution in [0.3, 0.4) is 0 Å². The highest BCUT2D eigenvalue weighted by molar-refractivity contribution is 7.07. The first-order valence-electron chi connectivity index (χ1n) is 6.59. The third-order valence-corrected chi connectivity index (χ3v) is 4.95. The van der Waals surface area contributed by atoms with Gasteiger partial charge in [0, 0.05) is 24.4 Å². The number of likely N-dealkylation sites (tertiary alicyclic amines) is 1. The quantitative estimate of drug-likeness (QED) is 0.845. The minimum Gasteiger partial charge on any atom is -0.389 e. The summed E-state index contributed by atoms with van der Waals surface area (Å²) >= 11 is 1.45. The number of rotatable bonds is 1. The summed E-state index contributed by atoms with van der Waals surface area (Å²) in [7, 11) is 0. The molecule has 0 spiro atoms. The van der Waals surface area contributed by atoms with Gasteiger partial charge in [-0.15, -0.1) is 11.3 Å². The Labute approximate surface area is 111 Å². The molecule has 1 aromatic heterocycles. The average Bonchev–Trinajstić information content (AvgIpc) is 2.90. The highest BCUT2D eigenvalue weighted by atomic mass is 32.1. The van der Waals surface area contributed by atoms with E-state index in [4.69, 9.17) is 0 Å². The number of piperidine rings is 1. The first kappa shape index (κ1) is 12.1. The molecule has 1 amide bonds. The number of carbonyl (C=O) groups excluding carboxylic acids is 1. The summed E-state index contributed by atoms with van der Waals surface area (Å²) in [6.45, 7) is 1.34. The Kier molecular flexibility index (Phi) is 3.11. The summed E-state index contributed by atoms with van der Waals surface area (Å²) < 4.78 is 0. The maximum Gasteiger partial charge on any atom is 0.273 e. The largest absolute Gasteiger partial charge is 0.389 e. The van der Waals surface area contributed by atoms with Gasteiger partial charge in [-0.1, -0.05) is 12.8 Å². The standard InChI is InChI=1S/C13H18N2O2S/c16-12(11-8-18-9-14-11)15-6-5-13(17)4-2-1-3-10(13)7-15/h8-10,17H,1-7H2. The highest BCUT2D eigenvalue weighted by Crippen LogP contribution is 2.39. The van der Waals surface area contributed by atoms with Crippen LogP contribution in [0, 0.1) is 5.92 Å². The lowest BCUT2D eigenvalue weighted by molar-refractivity contribution is -0.0886. The van der Waals surface area contributed by atoms with Crippen LogP contribution in [0.15, 0.2) is 10.9 Å². The van der Waals surface area contributed by atoms with Gasteiger partial charge < -0.3 is 10.0 Å². The topological polar surface area (TPSA) is 53.4 Å². The summed E-state index contributed by atoms with van der Waals surface area (Å²) in [5, 5.41) is 12.4. The first-order valence-corrected chi connectivity index (χ1v) is 7.53. The number of hydrogen-bond acceptors (Lipinski definition) is 4. The third kappa shape index (κ3) is 2.06. The maximum atomic E-state index is 12.2. The zero-order valence-corrected chi connectivity index (χ0v) is 11.2. The summed E-state index contributed by atoms with van der Waals surface area (Å²) in [5.41, 5.74) is 1.71. The predicted octanol–water partition coefficient (Wildman–Crippen LogP) is 1.91. The van der Waals surface area contributed by atoms with E-state index in [1.165, 1.54) is 17.8 Å². The molecule has 2 unspecified atom stereocenters. The molecule has 1 aliphatic carbocycles. The zero-order valence-electron chi connectivity index (χ0n) is 10.3. The highest BCUT2D eigenvalue weighted by Gasteiger charge is 2.43. The molecular weight excluding hydrogens is 248 g/mol. The second-order valence-corrected chi connectivity index (χ2v) is 6.14. The molecule has 3 rings (SSSR count). The molecule has 0 radical (unpaired) electrons. The number of carbonyl (C=O) groups is 1. The van der Waals surface area contributed by atoms with Crippen molar-refractivity contribution in [2.45, 2.75) is 37.7 Å². The van der Waals surface area contributed by atoms with E-state index in [0.717, 1.165) is 19.3 Å². The van der Waals surface area contributed by atoms with E-state index in [-0.39, 0.29) is 11.8 Å². The normalized spacial score (nSPS) is 32.1. The minimum absolute atomic E-state index is 0.0175. The maximum absolute atomic E-state index is 12.2. The van der Waals surface area contributed by atoms with E-state index in [0.29, 0.717) is 25.2 Å². The van der Waals surface area contributed by atoms with Crippen LogP contribution >= 0.6 is 11.3 Å². The smallest absolute Gasteiger partial charge is 0.273 e. The molecule has 98 valence electrons. The molecule has 2 heterocycles. The van der Waals surface area contributed by atoms with Crippen molar-refractivity contribution in [3.8, 4) is 0 Å². The van der Waals surface area contributed by atoms with Gasteiger partial charge in [-0.3, -0.25) is 4.79 Å². The van der Waals surface area contributed by atoms with Crippen LogP contribution in [0.5, 0.6) is 0 Å². The van der Waals surface area contributed by atoms with Crippen molar-refractivity contribution in [1.29, 1.82) is 0 Å². The number of fused-ring (bicyclic) bond motifs is 1. The molecule has 1 N–H and O–H groups in total. The van der Waals surface area contributed by atoms with Crippen molar-refractivity contribution in [1.82, 2.24) is 9.88 Å². The summed E-state index contributed by atoms with van der Waals surface area (Å²) in [6, 6.07) is 0. The summed E-state index contributed by atoms with van der Waals surface area (Å²) in [4.78, 5) is 18.2. The van der Waals surface area contributed by atoms with Gasteiger partial charge in [0.15, 0.2) is 0 Å². The van der Waals surface area contributed by atoms with E-state index >= 15 is 0 Å². The molecule has 1 saturated heterocycles. The number of amides is 1. The molecule has 2 aliphatic rings. The lowest BCUT2D eigenvalue weighted by atomic mass is 9.71. The Bertz CT molecular complexity index is 434. The van der Waals surface area contributed by atoms with E-state index in [1.54, 1.807) is 10.9 Å². The second-order valence-electron chi connectivity index (χ2n) is 5.42. The van der Waals surface area contributed by atoms with Gasteiger partial charge in [0.25, 0.3) is 5.91 Å². The number of aromatic nitrogens is 1. The average molecular weight is 266 g/mol. The molecule has 4 nitrogen and oxygen atoms in total. The molecule has 5 heteroatoms. The van der Waals surface area contributed by atoms with Gasteiger partial charge in [-0.25, -0.2) is 4.98 Å². The molecular formula is C13H18N2O2S. The van der Waals surface area contributed by atoms with Crippen molar-refractivity contribution in [2.75, 3.05) is 13.1 Å². The van der Waals surface area contributed by atoms with Crippen LogP contribution in [0.2, 0.25) is 0 Å². The summed E-state index contributed by atoms with van der Waals surface area (Å²) in [5.74, 6) is 0.270. The Morgan fingerprint density at radius 3 is 3.17 bits per heavy atom. The van der Waals surface area contributed by atoms with Crippen LogP contribution in [0.1, 0.15) is 42.6 Å². The third-order valence-electron chi connectivity index (χ3n) is 4.37. The second kappa shape index (κ2) is 4.63. The fraction of sp³-hybridized carbons (Fsp3) is 0.692. The van der Waals surface area contributed by atoms with Crippen molar-refractivity contribution in [3.05, 3.63) is 16.6 Å². The van der Waals surface area contributed by atoms with Crippen LogP contribution < -0.4 is 0 Å². The molecule has 1 aromatic rings. The Morgan fingerprint density at radius 2 is 2.39 bits per heavy atom. The number of hydrogen-bond donors (Lipinski definition) is 1. The zero-order chi connectivity index (χ0) is 12.6. The van der Waals surface area contributed by atoms with Crippen molar-refractivity contribution < 1.29 is 9.90 Å². The minimum atomic E-state index is -0.517. The van der Waals surface area contributed by atoms with Crippen LogP contribution in [-0.2, 0) is 0 Å². The van der Waals surface area contributed by atoms with Crippen LogP contribution in [0.4, 0.5) is 0 Å². The molecule has 2 fully saturated rings. The number of thiazole rings is 1. The fourth-order valence-corrected chi connectivity index (χ4v) is 3.76. The van der Waals surface area contributed by atoms with E-state index in [2.05, 4.69) is 4.98 Å². The molecule has 18 heavy (non-hydrogen) atoms. The van der Waals surface area contributed by atoms with Gasteiger partial charge in [0.2, 0.25) is 0 Å². The fourth-order valence-electron chi connectivity index (χ4n) is 3.24. The molecule has 1 saturated carbocycles. The molecule has 0 bridgehead atoms. The van der Waals surface area contributed by atoms with Crippen LogP contribution in [-0.4, -0.2) is 39.6 Å². The van der Waals surface area contributed by atoms with Crippen LogP contribution in [0.25, 0.3) is 0 Å². The Balaban J connectivity index is 1.72. The Morgan fingerprint density at radius 1 is 1.50 bits per heavy atom. The Hall–Kier alpha value is -0.940. The van der Waals surface area contributed by atoms with Gasteiger partial charge in [0.05, 0.1) is 11.1 Å². The SMILES string of the molecule is O=C(c1cscn1)N1CCC2(O)CCCCC2C1. The monoisotopic (exact) mass is 266 g/mol. The van der Waals surface area contributed by atoms with E-state index < -0.39 is 5.60 Å². The predicted molar refractivity (Wildman–Crippen MR) is 69.5 cm³/mol. The van der Waals surface area contributed by atoms with Gasteiger partial charge >= 0.3 is 0 Å². The molecule has 0 aromatic carbocycles. The van der Waals surface area contributed by atoms with Gasteiger partial charge in [-0.2, -0.15) is 0 Å². The summed E-state index contributed by atoms with van der Waals surface area (Å²) in [6.07, 6.45) is 4.94.